The number of nitrogens with zero attached hydrogens (tertiary/aromatic N) is 2. The fourth-order valence-electron chi connectivity index (χ4n) is 3.24. The summed E-state index contributed by atoms with van der Waals surface area (Å²) in [7, 11) is 0. The third-order valence-electron chi connectivity index (χ3n) is 4.21. The van der Waals surface area contributed by atoms with Gasteiger partial charge in [-0.05, 0) is 77.9 Å². The molecule has 2 aliphatic rings. The molecule has 3 heteroatoms. The second kappa shape index (κ2) is 7.34. The van der Waals surface area contributed by atoms with Crippen molar-refractivity contribution in [2.45, 2.75) is 45.1 Å². The van der Waals surface area contributed by atoms with Gasteiger partial charge in [-0.2, -0.15) is 0 Å². The minimum Gasteiger partial charge on any atom is -0.317 e. The van der Waals surface area contributed by atoms with Gasteiger partial charge >= 0.3 is 0 Å². The summed E-state index contributed by atoms with van der Waals surface area (Å²) in [5.74, 6) is 0. The average molecular weight is 239 g/mol. The molecule has 0 aromatic rings. The van der Waals surface area contributed by atoms with Gasteiger partial charge in [0.2, 0.25) is 0 Å². The molecule has 3 nitrogen and oxygen atoms in total. The van der Waals surface area contributed by atoms with Crippen LogP contribution in [-0.4, -0.2) is 61.7 Å². The van der Waals surface area contributed by atoms with Crippen LogP contribution in [0.1, 0.15) is 39.0 Å². The van der Waals surface area contributed by atoms with Gasteiger partial charge in [-0.15, -0.1) is 0 Å². The Bertz CT molecular complexity index is 192. The number of likely N-dealkylation sites (tertiary alicyclic amines) is 1. The lowest BCUT2D eigenvalue weighted by molar-refractivity contribution is 0.103. The monoisotopic (exact) mass is 239 g/mol. The highest BCUT2D eigenvalue weighted by Gasteiger charge is 2.23. The maximum Gasteiger partial charge on any atom is 0.0120 e. The fraction of sp³-hybridized carbons (Fsp3) is 1.00. The number of piperidine rings is 1. The van der Waals surface area contributed by atoms with E-state index in [0.717, 1.165) is 6.04 Å². The number of nitrogens with one attached hydrogen (secondary N) is 1. The van der Waals surface area contributed by atoms with E-state index in [2.05, 4.69) is 22.0 Å². The van der Waals surface area contributed by atoms with Gasteiger partial charge in [0.1, 0.15) is 0 Å². The molecule has 0 aromatic heterocycles. The second-order valence-electron chi connectivity index (χ2n) is 5.57. The first-order valence-electron chi connectivity index (χ1n) is 7.57. The van der Waals surface area contributed by atoms with E-state index in [1.165, 1.54) is 77.9 Å². The molecule has 0 unspecified atom stereocenters. The van der Waals surface area contributed by atoms with Crippen molar-refractivity contribution in [3.05, 3.63) is 0 Å². The van der Waals surface area contributed by atoms with E-state index in [1.807, 2.05) is 0 Å². The number of hydrogen-bond donors (Lipinski definition) is 1. The Kier molecular flexibility index (Phi) is 5.75. The van der Waals surface area contributed by atoms with Crippen LogP contribution in [0.2, 0.25) is 0 Å². The molecular weight excluding hydrogens is 210 g/mol. The molecule has 0 radical (unpaired) electrons. The van der Waals surface area contributed by atoms with E-state index in [-0.39, 0.29) is 0 Å². The van der Waals surface area contributed by atoms with Crippen LogP contribution in [0, 0.1) is 0 Å². The maximum atomic E-state index is 3.50. The second-order valence-corrected chi connectivity index (χ2v) is 5.57. The topological polar surface area (TPSA) is 18.5 Å². The van der Waals surface area contributed by atoms with Crippen LogP contribution in [0.25, 0.3) is 0 Å². The van der Waals surface area contributed by atoms with Gasteiger partial charge in [0.05, 0.1) is 0 Å². The van der Waals surface area contributed by atoms with Crippen LogP contribution >= 0.6 is 0 Å². The van der Waals surface area contributed by atoms with Crippen molar-refractivity contribution in [1.82, 2.24) is 15.1 Å². The van der Waals surface area contributed by atoms with Gasteiger partial charge in [0.15, 0.2) is 0 Å². The minimum atomic E-state index is 0.876. The highest BCUT2D eigenvalue weighted by molar-refractivity contribution is 4.80. The first-order chi connectivity index (χ1) is 8.40. The Hall–Kier alpha value is -0.120. The van der Waals surface area contributed by atoms with Crippen molar-refractivity contribution in [3.8, 4) is 0 Å². The molecule has 2 heterocycles. The van der Waals surface area contributed by atoms with Gasteiger partial charge < -0.3 is 15.1 Å². The third kappa shape index (κ3) is 4.23. The molecule has 2 saturated heterocycles. The standard InChI is InChI=1S/C14H29N3/c1-2-9-16-12-5-14(6-13-16)17-10-3-7-15-8-4-11-17/h14-15H,2-13H2,1H3. The molecule has 0 aliphatic carbocycles. The Balaban J connectivity index is 1.74. The number of hydrogen-bond acceptors (Lipinski definition) is 3. The maximum absolute atomic E-state index is 3.50. The minimum absolute atomic E-state index is 0.876. The summed E-state index contributed by atoms with van der Waals surface area (Å²) in [4.78, 5) is 5.41. The van der Waals surface area contributed by atoms with Crippen molar-refractivity contribution in [2.75, 3.05) is 45.8 Å². The lowest BCUT2D eigenvalue weighted by Gasteiger charge is -2.39. The Morgan fingerprint density at radius 2 is 1.65 bits per heavy atom. The summed E-state index contributed by atoms with van der Waals surface area (Å²) < 4.78 is 0. The zero-order valence-electron chi connectivity index (χ0n) is 11.5. The molecule has 0 atom stereocenters. The van der Waals surface area contributed by atoms with E-state index < -0.39 is 0 Å². The van der Waals surface area contributed by atoms with Crippen LogP contribution in [0.3, 0.4) is 0 Å². The summed E-state index contributed by atoms with van der Waals surface area (Å²) in [5, 5.41) is 3.50. The van der Waals surface area contributed by atoms with Crippen molar-refractivity contribution in [3.63, 3.8) is 0 Å². The lowest BCUT2D eigenvalue weighted by atomic mass is 10.0. The van der Waals surface area contributed by atoms with Gasteiger partial charge in [-0.1, -0.05) is 6.92 Å². The van der Waals surface area contributed by atoms with E-state index in [4.69, 9.17) is 0 Å². The van der Waals surface area contributed by atoms with Gasteiger partial charge in [0.25, 0.3) is 0 Å². The molecule has 17 heavy (non-hydrogen) atoms. The quantitative estimate of drug-likeness (QED) is 0.806. The lowest BCUT2D eigenvalue weighted by Crippen LogP contribution is -2.47. The first kappa shape index (κ1) is 13.3. The van der Waals surface area contributed by atoms with Crippen molar-refractivity contribution in [1.29, 1.82) is 0 Å². The molecule has 0 amide bonds. The summed E-state index contributed by atoms with van der Waals surface area (Å²) in [6.45, 7) is 11.3. The van der Waals surface area contributed by atoms with Crippen LogP contribution in [0.5, 0.6) is 0 Å². The van der Waals surface area contributed by atoms with Gasteiger partial charge in [-0.3, -0.25) is 0 Å². The fourth-order valence-corrected chi connectivity index (χ4v) is 3.24. The van der Waals surface area contributed by atoms with Gasteiger partial charge in [0, 0.05) is 6.04 Å². The normalized spacial score (nSPS) is 26.6. The van der Waals surface area contributed by atoms with E-state index in [0.29, 0.717) is 0 Å². The highest BCUT2D eigenvalue weighted by Crippen LogP contribution is 2.17. The first-order valence-corrected chi connectivity index (χ1v) is 7.57. The molecule has 2 aliphatic heterocycles. The van der Waals surface area contributed by atoms with Crippen LogP contribution in [-0.2, 0) is 0 Å². The number of rotatable bonds is 3. The zero-order chi connectivity index (χ0) is 11.9. The molecule has 100 valence electrons. The third-order valence-corrected chi connectivity index (χ3v) is 4.21. The molecule has 0 spiro atoms. The summed E-state index contributed by atoms with van der Waals surface area (Å²) >= 11 is 0. The Labute approximate surface area is 107 Å². The Morgan fingerprint density at radius 1 is 1.00 bits per heavy atom. The highest BCUT2D eigenvalue weighted by atomic mass is 15.2. The smallest absolute Gasteiger partial charge is 0.0120 e. The summed E-state index contributed by atoms with van der Waals surface area (Å²) in [6, 6.07) is 0.876. The van der Waals surface area contributed by atoms with Crippen molar-refractivity contribution in [2.24, 2.45) is 0 Å². The Morgan fingerprint density at radius 3 is 2.24 bits per heavy atom. The zero-order valence-corrected chi connectivity index (χ0v) is 11.5. The SMILES string of the molecule is CCCN1CCC(N2CCCNCCC2)CC1. The van der Waals surface area contributed by atoms with Crippen LogP contribution in [0.4, 0.5) is 0 Å². The predicted octanol–water partition coefficient (Wildman–Crippen LogP) is 1.55. The average Bonchev–Trinajstić information content (AvgIpc) is 2.30. The molecule has 0 saturated carbocycles. The molecule has 0 bridgehead atoms. The molecule has 2 rings (SSSR count). The van der Waals surface area contributed by atoms with E-state index in [1.54, 1.807) is 0 Å². The predicted molar refractivity (Wildman–Crippen MR) is 73.4 cm³/mol. The molecular formula is C14H29N3. The van der Waals surface area contributed by atoms with Gasteiger partial charge in [-0.25, -0.2) is 0 Å². The summed E-state index contributed by atoms with van der Waals surface area (Å²) in [6.07, 6.45) is 6.76. The van der Waals surface area contributed by atoms with Crippen LogP contribution < -0.4 is 5.32 Å². The molecule has 1 N–H and O–H groups in total. The van der Waals surface area contributed by atoms with Crippen molar-refractivity contribution < 1.29 is 0 Å². The largest absolute Gasteiger partial charge is 0.317 e. The van der Waals surface area contributed by atoms with E-state index >= 15 is 0 Å². The van der Waals surface area contributed by atoms with Crippen LogP contribution in [0.15, 0.2) is 0 Å². The van der Waals surface area contributed by atoms with Crippen molar-refractivity contribution >= 4 is 0 Å². The molecule has 0 aromatic carbocycles. The summed E-state index contributed by atoms with van der Waals surface area (Å²) in [5.41, 5.74) is 0. The van der Waals surface area contributed by atoms with E-state index in [9.17, 15) is 0 Å². The molecule has 2 fully saturated rings.